The van der Waals surface area contributed by atoms with Crippen molar-refractivity contribution in [3.8, 4) is 16.8 Å². The van der Waals surface area contributed by atoms with Gasteiger partial charge in [0.2, 0.25) is 0 Å². The summed E-state index contributed by atoms with van der Waals surface area (Å²) in [4.78, 5) is 1.33. The Labute approximate surface area is 428 Å². The average molecular weight is 971 g/mol. The second-order valence-corrected chi connectivity index (χ2v) is 19.6. The predicted octanol–water partition coefficient (Wildman–Crippen LogP) is 16.5. The van der Waals surface area contributed by atoms with E-state index in [4.69, 9.17) is 31.5 Å². The Balaban J connectivity index is 0.000000147. The van der Waals surface area contributed by atoms with Crippen LogP contribution in [0.1, 0.15) is 95.7 Å². The van der Waals surface area contributed by atoms with Gasteiger partial charge in [-0.3, -0.25) is 0 Å². The molecule has 0 radical (unpaired) electrons. The second-order valence-electron chi connectivity index (χ2n) is 18.3. The lowest BCUT2D eigenvalue weighted by atomic mass is 10.0. The van der Waals surface area contributed by atoms with Gasteiger partial charge in [0, 0.05) is 67.5 Å². The monoisotopic (exact) mass is 971 g/mol. The van der Waals surface area contributed by atoms with Crippen LogP contribution in [0, 0.1) is 68.6 Å². The molecule has 0 saturated heterocycles. The van der Waals surface area contributed by atoms with Gasteiger partial charge in [-0.15, -0.1) is 11.3 Å². The molecular weight excluding hydrogens is 905 g/mol. The number of aryl methyl sites for hydroxylation is 7. The lowest BCUT2D eigenvalue weighted by Crippen LogP contribution is -2.01. The molecule has 0 saturated carbocycles. The van der Waals surface area contributed by atoms with Crippen molar-refractivity contribution < 1.29 is 4.42 Å². The van der Waals surface area contributed by atoms with Crippen LogP contribution in [0.5, 0.6) is 0 Å². The summed E-state index contributed by atoms with van der Waals surface area (Å²) in [6.45, 7) is 21.3. The van der Waals surface area contributed by atoms with Crippen LogP contribution in [-0.4, -0.2) is 42.9 Å². The molecule has 6 aromatic carbocycles. The van der Waals surface area contributed by atoms with Gasteiger partial charge in [0.15, 0.2) is 0 Å². The minimum atomic E-state index is 0.566. The lowest BCUT2D eigenvalue weighted by Gasteiger charge is -2.06. The lowest BCUT2D eigenvalue weighted by molar-refractivity contribution is 0.578. The highest BCUT2D eigenvalue weighted by Gasteiger charge is 2.07. The Morgan fingerprint density at radius 3 is 1.60 bits per heavy atom. The first kappa shape index (κ1) is 53.3. The number of rotatable bonds is 7. The van der Waals surface area contributed by atoms with Gasteiger partial charge in [0.05, 0.1) is 11.4 Å². The molecule has 72 heavy (non-hydrogen) atoms. The zero-order valence-electron chi connectivity index (χ0n) is 43.6. The van der Waals surface area contributed by atoms with E-state index in [1.807, 2.05) is 125 Å². The Kier molecular flexibility index (Phi) is 17.5. The molecule has 10 rings (SSSR count). The zero-order valence-corrected chi connectivity index (χ0v) is 44.4. The van der Waals surface area contributed by atoms with E-state index in [0.717, 1.165) is 61.6 Å². The van der Waals surface area contributed by atoms with E-state index in [9.17, 15) is 0 Å². The molecule has 9 nitrogen and oxygen atoms in total. The zero-order chi connectivity index (χ0) is 52.4. The molecule has 0 bridgehead atoms. The fourth-order valence-corrected chi connectivity index (χ4v) is 8.98. The summed E-state index contributed by atoms with van der Waals surface area (Å²) in [5, 5.41) is 45.9. The van der Waals surface area contributed by atoms with E-state index in [0.29, 0.717) is 28.6 Å². The first-order valence-electron chi connectivity index (χ1n) is 23.8. The molecule has 0 aliphatic rings. The van der Waals surface area contributed by atoms with E-state index < -0.39 is 0 Å². The molecule has 0 aliphatic heterocycles. The number of furan rings is 1. The van der Waals surface area contributed by atoms with Gasteiger partial charge in [0.25, 0.3) is 0 Å². The topological polar surface area (TPSA) is 155 Å². The summed E-state index contributed by atoms with van der Waals surface area (Å²) in [6.07, 6.45) is 0. The fourth-order valence-electron chi connectivity index (χ4n) is 8.01. The van der Waals surface area contributed by atoms with E-state index >= 15 is 0 Å². The SMILES string of the molecule is CC(=N)c1ccc2cc(C)n(C)c2c1.CC(=N)c1ccc2cc(C)oc2c1.CC(=N)c1ccc2cc(C)sc2c1.CC(=N)c1cccc(-c2cccc(C)c2)c1.CC(=N)c1cccc(-n2nc(C)cc2C)c1. The standard InChI is InChI=1S/C15H15N.C13H15N3.C12H14N2.C11H11NO.C11H11NS/c1-11-5-3-7-14(9-11)15-8-4-6-13(10-15)12(2)16;1-9-7-10(2)16(15-9)13-6-4-5-12(8-13)11(3)14;1-8-6-11-5-4-10(9(2)13)7-12(11)14(8)3;2*1-7-5-10-4-3-9(8(2)12)6-11(10)13-7/h3-10,16H,1-2H3;4-8,14H,1-3H3;4-7,13H,1-3H3;2*3-6,12H,1-2H3. The molecule has 10 aromatic rings. The molecule has 0 aliphatic carbocycles. The Morgan fingerprint density at radius 1 is 0.472 bits per heavy atom. The molecule has 0 fully saturated rings. The van der Waals surface area contributed by atoms with Crippen LogP contribution in [0.25, 0.3) is 48.8 Å². The van der Waals surface area contributed by atoms with Gasteiger partial charge >= 0.3 is 0 Å². The number of hydrogen-bond donors (Lipinski definition) is 5. The predicted molar refractivity (Wildman–Crippen MR) is 307 cm³/mol. The highest BCUT2D eigenvalue weighted by Crippen LogP contribution is 2.27. The third-order valence-corrected chi connectivity index (χ3v) is 13.1. The van der Waals surface area contributed by atoms with E-state index in [-0.39, 0.29) is 0 Å². The first-order valence-corrected chi connectivity index (χ1v) is 24.6. The molecular formula is C62H66N8OS. The summed E-state index contributed by atoms with van der Waals surface area (Å²) in [5.74, 6) is 0.912. The maximum absolute atomic E-state index is 7.64. The maximum atomic E-state index is 7.64. The maximum Gasteiger partial charge on any atom is 0.134 e. The highest BCUT2D eigenvalue weighted by atomic mass is 32.1. The third-order valence-electron chi connectivity index (χ3n) is 12.1. The van der Waals surface area contributed by atoms with Crippen LogP contribution in [0.15, 0.2) is 156 Å². The van der Waals surface area contributed by atoms with Crippen LogP contribution >= 0.6 is 11.3 Å². The average Bonchev–Trinajstić information content (AvgIpc) is 4.10. The quantitative estimate of drug-likeness (QED) is 0.101. The van der Waals surface area contributed by atoms with E-state index in [1.54, 1.807) is 25.2 Å². The molecule has 10 heteroatoms. The fraction of sp³-hybridized carbons (Fsp3) is 0.194. The molecule has 366 valence electrons. The van der Waals surface area contributed by atoms with Crippen LogP contribution in [0.4, 0.5) is 0 Å². The summed E-state index contributed by atoms with van der Waals surface area (Å²) >= 11 is 1.79. The van der Waals surface area contributed by atoms with Crippen molar-refractivity contribution >= 4 is 71.9 Å². The van der Waals surface area contributed by atoms with Crippen molar-refractivity contribution in [3.63, 3.8) is 0 Å². The molecule has 0 atom stereocenters. The van der Waals surface area contributed by atoms with Crippen molar-refractivity contribution in [2.45, 2.75) is 76.2 Å². The van der Waals surface area contributed by atoms with Gasteiger partial charge in [-0.1, -0.05) is 96.6 Å². The van der Waals surface area contributed by atoms with Crippen molar-refractivity contribution in [3.05, 3.63) is 213 Å². The number of nitrogens with one attached hydrogen (secondary N) is 5. The molecule has 0 unspecified atom stereocenters. The first-order chi connectivity index (χ1) is 34.2. The number of nitrogens with zero attached hydrogens (tertiary/aromatic N) is 3. The van der Waals surface area contributed by atoms with Gasteiger partial charge in [-0.25, -0.2) is 4.68 Å². The van der Waals surface area contributed by atoms with Crippen molar-refractivity contribution in [1.29, 1.82) is 27.0 Å². The summed E-state index contributed by atoms with van der Waals surface area (Å²) in [5.41, 5.74) is 17.9. The molecule has 4 aromatic heterocycles. The minimum Gasteiger partial charge on any atom is -0.461 e. The van der Waals surface area contributed by atoms with Gasteiger partial charge < -0.3 is 36.0 Å². The Bertz CT molecular complexity index is 3520. The molecule has 4 heterocycles. The summed E-state index contributed by atoms with van der Waals surface area (Å²) < 4.78 is 10.8. The highest BCUT2D eigenvalue weighted by molar-refractivity contribution is 7.19. The number of benzene rings is 6. The smallest absolute Gasteiger partial charge is 0.134 e. The van der Waals surface area contributed by atoms with E-state index in [2.05, 4.69) is 110 Å². The van der Waals surface area contributed by atoms with Gasteiger partial charge in [-0.2, -0.15) is 5.10 Å². The van der Waals surface area contributed by atoms with Crippen LogP contribution in [0.3, 0.4) is 0 Å². The number of thiophene rings is 1. The van der Waals surface area contributed by atoms with Crippen molar-refractivity contribution in [2.75, 3.05) is 0 Å². The summed E-state index contributed by atoms with van der Waals surface area (Å²) in [6, 6.07) is 51.0. The van der Waals surface area contributed by atoms with Crippen LogP contribution < -0.4 is 0 Å². The van der Waals surface area contributed by atoms with Crippen LogP contribution in [-0.2, 0) is 7.05 Å². The van der Waals surface area contributed by atoms with Crippen molar-refractivity contribution in [2.24, 2.45) is 7.05 Å². The Hall–Kier alpha value is -8.08. The molecule has 0 spiro atoms. The van der Waals surface area contributed by atoms with Crippen molar-refractivity contribution in [1.82, 2.24) is 14.3 Å². The number of hydrogen-bond acceptors (Lipinski definition) is 8. The van der Waals surface area contributed by atoms with Crippen LogP contribution in [0.2, 0.25) is 0 Å². The second kappa shape index (κ2) is 23.7. The normalized spacial score (nSPS) is 10.5. The number of aromatic nitrogens is 3. The van der Waals surface area contributed by atoms with Gasteiger partial charge in [0.1, 0.15) is 11.3 Å². The van der Waals surface area contributed by atoms with Gasteiger partial charge in [-0.05, 0) is 187 Å². The minimum absolute atomic E-state index is 0.566. The summed E-state index contributed by atoms with van der Waals surface area (Å²) in [7, 11) is 2.06. The molecule has 0 amide bonds. The number of fused-ring (bicyclic) bond motifs is 3. The largest absolute Gasteiger partial charge is 0.461 e. The van der Waals surface area contributed by atoms with E-state index in [1.165, 1.54) is 48.3 Å². The third kappa shape index (κ3) is 13.8. The molecule has 5 N–H and O–H groups in total. The Morgan fingerprint density at radius 2 is 1.00 bits per heavy atom.